The van der Waals surface area contributed by atoms with Crippen LogP contribution in [0.2, 0.25) is 0 Å². The number of benzene rings is 2. The van der Waals surface area contributed by atoms with Gasteiger partial charge < -0.3 is 10.2 Å². The Kier molecular flexibility index (Phi) is 5.42. The van der Waals surface area contributed by atoms with Crippen molar-refractivity contribution in [3.8, 4) is 0 Å². The number of hydrogen-bond donors (Lipinski definition) is 1. The fourth-order valence-corrected chi connectivity index (χ4v) is 3.74. The summed E-state index contributed by atoms with van der Waals surface area (Å²) in [5, 5.41) is 2.82. The zero-order valence-corrected chi connectivity index (χ0v) is 16.9. The average molecular weight is 401 g/mol. The van der Waals surface area contributed by atoms with E-state index in [1.54, 1.807) is 42.2 Å². The van der Waals surface area contributed by atoms with Crippen molar-refractivity contribution in [1.82, 2.24) is 0 Å². The van der Waals surface area contributed by atoms with E-state index in [1.807, 2.05) is 12.1 Å². The third-order valence-electron chi connectivity index (χ3n) is 4.81. The van der Waals surface area contributed by atoms with E-state index in [0.717, 1.165) is 24.9 Å². The van der Waals surface area contributed by atoms with Crippen LogP contribution in [0.15, 0.2) is 42.5 Å². The summed E-state index contributed by atoms with van der Waals surface area (Å²) >= 11 is 0. The standard InChI is InChI=1S/C20H23N3O4S/c1-14-13-15(6-11-18(14)22(2)28(3,26)27)20(25)21-16-7-9-17(10-8-16)23-12-4-5-19(23)24/h6-11,13H,4-5,12H2,1-3H3,(H,21,25). The second-order valence-electron chi connectivity index (χ2n) is 6.88. The van der Waals surface area contributed by atoms with Crippen LogP contribution in [-0.2, 0) is 14.8 Å². The van der Waals surface area contributed by atoms with E-state index in [4.69, 9.17) is 0 Å². The lowest BCUT2D eigenvalue weighted by Gasteiger charge is -2.19. The van der Waals surface area contributed by atoms with E-state index in [-0.39, 0.29) is 11.8 Å². The second kappa shape index (κ2) is 7.63. The number of carbonyl (C=O) groups excluding carboxylic acids is 2. The maximum atomic E-state index is 12.5. The fraction of sp³-hybridized carbons (Fsp3) is 0.300. The van der Waals surface area contributed by atoms with Crippen molar-refractivity contribution in [2.24, 2.45) is 0 Å². The Bertz CT molecular complexity index is 1020. The summed E-state index contributed by atoms with van der Waals surface area (Å²) in [5.74, 6) is -0.173. The minimum atomic E-state index is -3.37. The Morgan fingerprint density at radius 2 is 1.82 bits per heavy atom. The number of anilines is 3. The highest BCUT2D eigenvalue weighted by molar-refractivity contribution is 7.92. The molecular formula is C20H23N3O4S. The Labute approximate surface area is 165 Å². The molecule has 1 heterocycles. The Balaban J connectivity index is 1.72. The van der Waals surface area contributed by atoms with Crippen LogP contribution in [0.5, 0.6) is 0 Å². The summed E-state index contributed by atoms with van der Waals surface area (Å²) in [4.78, 5) is 26.1. The van der Waals surface area contributed by atoms with Gasteiger partial charge in [0.15, 0.2) is 0 Å². The Morgan fingerprint density at radius 1 is 1.14 bits per heavy atom. The molecule has 1 fully saturated rings. The van der Waals surface area contributed by atoms with Crippen molar-refractivity contribution >= 4 is 38.9 Å². The van der Waals surface area contributed by atoms with Gasteiger partial charge in [0.05, 0.1) is 11.9 Å². The normalized spacial score (nSPS) is 14.2. The van der Waals surface area contributed by atoms with Crippen LogP contribution < -0.4 is 14.5 Å². The van der Waals surface area contributed by atoms with E-state index in [9.17, 15) is 18.0 Å². The topological polar surface area (TPSA) is 86.8 Å². The number of nitrogens with zero attached hydrogens (tertiary/aromatic N) is 2. The number of sulfonamides is 1. The molecule has 2 aromatic carbocycles. The van der Waals surface area contributed by atoms with Gasteiger partial charge in [-0.2, -0.15) is 0 Å². The highest BCUT2D eigenvalue weighted by atomic mass is 32.2. The van der Waals surface area contributed by atoms with Gasteiger partial charge in [-0.3, -0.25) is 13.9 Å². The van der Waals surface area contributed by atoms with Crippen LogP contribution in [0, 0.1) is 6.92 Å². The van der Waals surface area contributed by atoms with E-state index in [2.05, 4.69) is 5.32 Å². The molecule has 0 aromatic heterocycles. The molecule has 7 nitrogen and oxygen atoms in total. The predicted octanol–water partition coefficient (Wildman–Crippen LogP) is 2.77. The van der Waals surface area contributed by atoms with Gasteiger partial charge in [-0.15, -0.1) is 0 Å². The van der Waals surface area contributed by atoms with Crippen molar-refractivity contribution in [3.63, 3.8) is 0 Å². The van der Waals surface area contributed by atoms with Crippen molar-refractivity contribution in [2.45, 2.75) is 19.8 Å². The fourth-order valence-electron chi connectivity index (χ4n) is 3.18. The molecule has 28 heavy (non-hydrogen) atoms. The lowest BCUT2D eigenvalue weighted by molar-refractivity contribution is -0.117. The largest absolute Gasteiger partial charge is 0.322 e. The molecule has 1 N–H and O–H groups in total. The molecule has 0 radical (unpaired) electrons. The minimum Gasteiger partial charge on any atom is -0.322 e. The number of nitrogens with one attached hydrogen (secondary N) is 1. The van der Waals surface area contributed by atoms with Crippen LogP contribution in [0.4, 0.5) is 17.1 Å². The van der Waals surface area contributed by atoms with Crippen LogP contribution in [0.25, 0.3) is 0 Å². The lowest BCUT2D eigenvalue weighted by Crippen LogP contribution is -2.25. The van der Waals surface area contributed by atoms with E-state index >= 15 is 0 Å². The van der Waals surface area contributed by atoms with Crippen LogP contribution >= 0.6 is 0 Å². The van der Waals surface area contributed by atoms with Gasteiger partial charge in [-0.25, -0.2) is 8.42 Å². The summed E-state index contributed by atoms with van der Waals surface area (Å²) < 4.78 is 24.6. The van der Waals surface area contributed by atoms with E-state index < -0.39 is 10.0 Å². The number of rotatable bonds is 5. The molecule has 2 aromatic rings. The zero-order chi connectivity index (χ0) is 20.5. The molecule has 1 aliphatic heterocycles. The molecule has 1 saturated heterocycles. The average Bonchev–Trinajstić information content (AvgIpc) is 3.07. The maximum absolute atomic E-state index is 12.5. The van der Waals surface area contributed by atoms with Crippen molar-refractivity contribution in [3.05, 3.63) is 53.6 Å². The predicted molar refractivity (Wildman–Crippen MR) is 110 cm³/mol. The third kappa shape index (κ3) is 4.17. The van der Waals surface area contributed by atoms with Crippen molar-refractivity contribution < 1.29 is 18.0 Å². The molecule has 3 rings (SSSR count). The van der Waals surface area contributed by atoms with E-state index in [1.165, 1.54) is 11.4 Å². The molecule has 0 saturated carbocycles. The summed E-state index contributed by atoms with van der Waals surface area (Å²) in [5.41, 5.74) is 3.09. The van der Waals surface area contributed by atoms with Gasteiger partial charge in [-0.1, -0.05) is 0 Å². The van der Waals surface area contributed by atoms with Crippen LogP contribution in [0.1, 0.15) is 28.8 Å². The molecule has 8 heteroatoms. The van der Waals surface area contributed by atoms with E-state index in [0.29, 0.717) is 28.9 Å². The SMILES string of the molecule is Cc1cc(C(=O)Nc2ccc(N3CCCC3=O)cc2)ccc1N(C)S(C)(=O)=O. The summed E-state index contributed by atoms with van der Waals surface area (Å²) in [7, 11) is -1.89. The highest BCUT2D eigenvalue weighted by Crippen LogP contribution is 2.25. The lowest BCUT2D eigenvalue weighted by atomic mass is 10.1. The number of amides is 2. The minimum absolute atomic E-state index is 0.117. The summed E-state index contributed by atoms with van der Waals surface area (Å²) in [6.07, 6.45) is 2.57. The molecule has 0 atom stereocenters. The molecule has 0 unspecified atom stereocenters. The first-order valence-corrected chi connectivity index (χ1v) is 10.8. The molecule has 148 valence electrons. The highest BCUT2D eigenvalue weighted by Gasteiger charge is 2.21. The maximum Gasteiger partial charge on any atom is 0.255 e. The Hall–Kier alpha value is -2.87. The monoisotopic (exact) mass is 401 g/mol. The van der Waals surface area contributed by atoms with Gasteiger partial charge in [0.25, 0.3) is 5.91 Å². The number of hydrogen-bond acceptors (Lipinski definition) is 4. The number of aryl methyl sites for hydroxylation is 1. The van der Waals surface area contributed by atoms with Gasteiger partial charge in [0.1, 0.15) is 0 Å². The quantitative estimate of drug-likeness (QED) is 0.835. The van der Waals surface area contributed by atoms with Gasteiger partial charge in [-0.05, 0) is 61.4 Å². The zero-order valence-electron chi connectivity index (χ0n) is 16.1. The first kappa shape index (κ1) is 19.9. The molecule has 2 amide bonds. The van der Waals surface area contributed by atoms with Gasteiger partial charge in [0.2, 0.25) is 15.9 Å². The smallest absolute Gasteiger partial charge is 0.255 e. The summed E-state index contributed by atoms with van der Waals surface area (Å²) in [6, 6.07) is 12.0. The van der Waals surface area contributed by atoms with Crippen LogP contribution in [0.3, 0.4) is 0 Å². The van der Waals surface area contributed by atoms with Crippen molar-refractivity contribution in [2.75, 3.05) is 34.4 Å². The van der Waals surface area contributed by atoms with Crippen molar-refractivity contribution in [1.29, 1.82) is 0 Å². The molecule has 0 aliphatic carbocycles. The molecule has 0 bridgehead atoms. The first-order valence-electron chi connectivity index (χ1n) is 8.93. The second-order valence-corrected chi connectivity index (χ2v) is 8.90. The Morgan fingerprint density at radius 3 is 2.36 bits per heavy atom. The number of carbonyl (C=O) groups is 2. The summed E-state index contributed by atoms with van der Waals surface area (Å²) in [6.45, 7) is 2.48. The van der Waals surface area contributed by atoms with Gasteiger partial charge in [0, 0.05) is 37.0 Å². The first-order chi connectivity index (χ1) is 13.2. The molecular weight excluding hydrogens is 378 g/mol. The third-order valence-corrected chi connectivity index (χ3v) is 6.00. The molecule has 0 spiro atoms. The molecule has 1 aliphatic rings. The van der Waals surface area contributed by atoms with Gasteiger partial charge >= 0.3 is 0 Å². The van der Waals surface area contributed by atoms with Crippen LogP contribution in [-0.4, -0.2) is 40.1 Å².